The van der Waals surface area contributed by atoms with Crippen LogP contribution in [0.3, 0.4) is 0 Å². The Morgan fingerprint density at radius 1 is 0.941 bits per heavy atom. The second kappa shape index (κ2) is 4.57. The van der Waals surface area contributed by atoms with Gasteiger partial charge in [0, 0.05) is 6.04 Å². The number of hydrogen-bond acceptors (Lipinski definition) is 3. The van der Waals surface area contributed by atoms with Crippen LogP contribution in [-0.2, 0) is 0 Å². The molecule has 1 aliphatic carbocycles. The molecule has 17 heavy (non-hydrogen) atoms. The van der Waals surface area contributed by atoms with Crippen molar-refractivity contribution in [2.45, 2.75) is 37.6 Å². The van der Waals surface area contributed by atoms with Crippen LogP contribution in [0.1, 0.15) is 37.2 Å². The SMILES string of the molecule is NC1CCC(c2ccc3c(c2)OCCO3)CC1. The first-order valence-corrected chi connectivity index (χ1v) is 6.48. The van der Waals surface area contributed by atoms with Crippen LogP contribution < -0.4 is 15.2 Å². The first-order chi connectivity index (χ1) is 8.33. The number of benzene rings is 1. The molecule has 0 radical (unpaired) electrons. The number of rotatable bonds is 1. The van der Waals surface area contributed by atoms with E-state index in [1.165, 1.54) is 18.4 Å². The Morgan fingerprint density at radius 3 is 2.41 bits per heavy atom. The van der Waals surface area contributed by atoms with Crippen LogP contribution in [0.25, 0.3) is 0 Å². The van der Waals surface area contributed by atoms with E-state index in [0.717, 1.165) is 24.3 Å². The van der Waals surface area contributed by atoms with Crippen molar-refractivity contribution in [1.29, 1.82) is 0 Å². The van der Waals surface area contributed by atoms with E-state index in [2.05, 4.69) is 12.1 Å². The molecule has 1 aliphatic heterocycles. The Balaban J connectivity index is 1.79. The molecule has 1 aromatic carbocycles. The second-order valence-corrected chi connectivity index (χ2v) is 5.01. The predicted octanol–water partition coefficient (Wildman–Crippen LogP) is 2.44. The number of hydrogen-bond donors (Lipinski definition) is 1. The summed E-state index contributed by atoms with van der Waals surface area (Å²) in [6, 6.07) is 6.77. The Morgan fingerprint density at radius 2 is 1.65 bits per heavy atom. The van der Waals surface area contributed by atoms with E-state index in [1.54, 1.807) is 0 Å². The van der Waals surface area contributed by atoms with Crippen LogP contribution in [-0.4, -0.2) is 19.3 Å². The monoisotopic (exact) mass is 233 g/mol. The molecule has 1 aromatic rings. The molecule has 1 saturated carbocycles. The maximum Gasteiger partial charge on any atom is 0.161 e. The largest absolute Gasteiger partial charge is 0.486 e. The minimum atomic E-state index is 0.406. The van der Waals surface area contributed by atoms with E-state index in [1.807, 2.05) is 6.07 Å². The summed E-state index contributed by atoms with van der Waals surface area (Å²) in [5, 5.41) is 0. The average molecular weight is 233 g/mol. The van der Waals surface area contributed by atoms with Crippen LogP contribution in [0.4, 0.5) is 0 Å². The van der Waals surface area contributed by atoms with Crippen molar-refractivity contribution >= 4 is 0 Å². The summed E-state index contributed by atoms with van der Waals surface area (Å²) in [5.41, 5.74) is 7.32. The Labute approximate surface area is 102 Å². The van der Waals surface area contributed by atoms with E-state index >= 15 is 0 Å². The summed E-state index contributed by atoms with van der Waals surface area (Å²) in [7, 11) is 0. The summed E-state index contributed by atoms with van der Waals surface area (Å²) in [6.45, 7) is 1.32. The lowest BCUT2D eigenvalue weighted by molar-refractivity contribution is 0.171. The van der Waals surface area contributed by atoms with Crippen LogP contribution in [0.15, 0.2) is 18.2 Å². The lowest BCUT2D eigenvalue weighted by Gasteiger charge is -2.27. The highest BCUT2D eigenvalue weighted by Crippen LogP contribution is 2.37. The van der Waals surface area contributed by atoms with Crippen molar-refractivity contribution < 1.29 is 9.47 Å². The molecule has 1 heterocycles. The smallest absolute Gasteiger partial charge is 0.161 e. The molecule has 0 unspecified atom stereocenters. The topological polar surface area (TPSA) is 44.5 Å². The van der Waals surface area contributed by atoms with Gasteiger partial charge in [0.1, 0.15) is 13.2 Å². The highest BCUT2D eigenvalue weighted by atomic mass is 16.6. The van der Waals surface area contributed by atoms with Gasteiger partial charge in [-0.15, -0.1) is 0 Å². The maximum absolute atomic E-state index is 5.94. The second-order valence-electron chi connectivity index (χ2n) is 5.01. The number of nitrogens with two attached hydrogens (primary N) is 1. The van der Waals surface area contributed by atoms with Gasteiger partial charge in [-0.3, -0.25) is 0 Å². The van der Waals surface area contributed by atoms with Gasteiger partial charge in [0.15, 0.2) is 11.5 Å². The lowest BCUT2D eigenvalue weighted by atomic mass is 9.82. The molecule has 2 N–H and O–H groups in total. The minimum absolute atomic E-state index is 0.406. The quantitative estimate of drug-likeness (QED) is 0.810. The van der Waals surface area contributed by atoms with Gasteiger partial charge in [0.2, 0.25) is 0 Å². The third kappa shape index (κ3) is 2.25. The first-order valence-electron chi connectivity index (χ1n) is 6.48. The van der Waals surface area contributed by atoms with E-state index in [0.29, 0.717) is 25.2 Å². The van der Waals surface area contributed by atoms with Crippen LogP contribution in [0.2, 0.25) is 0 Å². The van der Waals surface area contributed by atoms with Crippen molar-refractivity contribution in [1.82, 2.24) is 0 Å². The van der Waals surface area contributed by atoms with E-state index in [9.17, 15) is 0 Å². The van der Waals surface area contributed by atoms with Crippen molar-refractivity contribution in [3.05, 3.63) is 23.8 Å². The molecule has 0 aromatic heterocycles. The van der Waals surface area contributed by atoms with Gasteiger partial charge in [0.25, 0.3) is 0 Å². The summed E-state index contributed by atoms with van der Waals surface area (Å²) < 4.78 is 11.2. The molecule has 0 atom stereocenters. The molecule has 92 valence electrons. The van der Waals surface area contributed by atoms with Crippen molar-refractivity contribution in [3.8, 4) is 11.5 Å². The first kappa shape index (κ1) is 10.9. The van der Waals surface area contributed by atoms with Crippen molar-refractivity contribution in [2.24, 2.45) is 5.73 Å². The predicted molar refractivity (Wildman–Crippen MR) is 66.6 cm³/mol. The van der Waals surface area contributed by atoms with Crippen LogP contribution in [0, 0.1) is 0 Å². The fraction of sp³-hybridized carbons (Fsp3) is 0.571. The zero-order chi connectivity index (χ0) is 11.7. The minimum Gasteiger partial charge on any atom is -0.486 e. The normalized spacial score (nSPS) is 27.8. The standard InChI is InChI=1S/C14H19NO2/c15-12-4-1-10(2-5-12)11-3-6-13-14(9-11)17-8-7-16-13/h3,6,9-10,12H,1-2,4-5,7-8,15H2. The molecule has 3 rings (SSSR count). The molecular formula is C14H19NO2. The highest BCUT2D eigenvalue weighted by molar-refractivity contribution is 5.44. The molecule has 3 nitrogen and oxygen atoms in total. The third-order valence-corrected chi connectivity index (χ3v) is 3.81. The highest BCUT2D eigenvalue weighted by Gasteiger charge is 2.21. The van der Waals surface area contributed by atoms with Crippen LogP contribution >= 0.6 is 0 Å². The van der Waals surface area contributed by atoms with Crippen molar-refractivity contribution in [2.75, 3.05) is 13.2 Å². The number of fused-ring (bicyclic) bond motifs is 1. The van der Waals surface area contributed by atoms with Gasteiger partial charge < -0.3 is 15.2 Å². The Hall–Kier alpha value is -1.22. The van der Waals surface area contributed by atoms with Crippen LogP contribution in [0.5, 0.6) is 11.5 Å². The van der Waals surface area contributed by atoms with E-state index in [4.69, 9.17) is 15.2 Å². The van der Waals surface area contributed by atoms with Crippen molar-refractivity contribution in [3.63, 3.8) is 0 Å². The fourth-order valence-corrected chi connectivity index (χ4v) is 2.77. The fourth-order valence-electron chi connectivity index (χ4n) is 2.77. The third-order valence-electron chi connectivity index (χ3n) is 3.81. The van der Waals surface area contributed by atoms with E-state index in [-0.39, 0.29) is 0 Å². The number of ether oxygens (including phenoxy) is 2. The van der Waals surface area contributed by atoms with Gasteiger partial charge in [-0.2, -0.15) is 0 Å². The van der Waals surface area contributed by atoms with Gasteiger partial charge in [0.05, 0.1) is 0 Å². The average Bonchev–Trinajstić information content (AvgIpc) is 2.39. The maximum atomic E-state index is 5.94. The van der Waals surface area contributed by atoms with Gasteiger partial charge >= 0.3 is 0 Å². The summed E-state index contributed by atoms with van der Waals surface area (Å²) in [6.07, 6.45) is 4.67. The molecule has 0 spiro atoms. The lowest BCUT2D eigenvalue weighted by Crippen LogP contribution is -2.25. The molecule has 0 saturated heterocycles. The molecule has 2 aliphatic rings. The molecular weight excluding hydrogens is 214 g/mol. The molecule has 0 amide bonds. The van der Waals surface area contributed by atoms with E-state index < -0.39 is 0 Å². The van der Waals surface area contributed by atoms with Gasteiger partial charge in [-0.1, -0.05) is 6.07 Å². The summed E-state index contributed by atoms with van der Waals surface area (Å²) in [5.74, 6) is 2.43. The van der Waals surface area contributed by atoms with Gasteiger partial charge in [-0.05, 0) is 49.3 Å². The Kier molecular flexibility index (Phi) is 2.93. The summed E-state index contributed by atoms with van der Waals surface area (Å²) in [4.78, 5) is 0. The zero-order valence-corrected chi connectivity index (χ0v) is 10.0. The molecule has 1 fully saturated rings. The molecule has 3 heteroatoms. The molecule has 0 bridgehead atoms. The summed E-state index contributed by atoms with van der Waals surface area (Å²) >= 11 is 0. The Bertz CT molecular complexity index is 397. The van der Waals surface area contributed by atoms with Gasteiger partial charge in [-0.25, -0.2) is 0 Å². The zero-order valence-electron chi connectivity index (χ0n) is 10.0.